The summed E-state index contributed by atoms with van der Waals surface area (Å²) in [5.74, 6) is -1.99. The quantitative estimate of drug-likeness (QED) is 0.690. The first-order valence-corrected chi connectivity index (χ1v) is 8.91. The van der Waals surface area contributed by atoms with E-state index < -0.39 is 22.8 Å². The number of carboxylic acids is 1. The number of carbonyl (C=O) groups is 1. The highest BCUT2D eigenvalue weighted by Crippen LogP contribution is 2.41. The van der Waals surface area contributed by atoms with E-state index in [2.05, 4.69) is 5.16 Å². The molecule has 0 bridgehead atoms. The Morgan fingerprint density at radius 2 is 2.28 bits per heavy atom. The van der Waals surface area contributed by atoms with Crippen LogP contribution in [-0.4, -0.2) is 62.0 Å². The van der Waals surface area contributed by atoms with Gasteiger partial charge in [0.2, 0.25) is 5.43 Å². The summed E-state index contributed by atoms with van der Waals surface area (Å²) in [6.07, 6.45) is 1.23. The van der Waals surface area contributed by atoms with Crippen LogP contribution < -0.4 is 25.8 Å². The molecule has 10 nitrogen and oxygen atoms in total. The highest BCUT2D eigenvalue weighted by molar-refractivity contribution is 5.99. The number of halogens is 1. The van der Waals surface area contributed by atoms with Crippen molar-refractivity contribution < 1.29 is 23.9 Å². The number of ether oxygens (including phenoxy) is 1. The van der Waals surface area contributed by atoms with E-state index >= 15 is 4.39 Å². The Hall–Kier alpha value is -3.34. The SMILES string of the molecule is CON=C1CN(c2c(F)cc3c(=O)c(C(=O)O)cn4c3c2OCN4C)CC1CN. The summed E-state index contributed by atoms with van der Waals surface area (Å²) in [6, 6.07) is 1.06. The van der Waals surface area contributed by atoms with Gasteiger partial charge in [0.15, 0.2) is 18.3 Å². The van der Waals surface area contributed by atoms with Crippen molar-refractivity contribution in [3.63, 3.8) is 0 Å². The van der Waals surface area contributed by atoms with Crippen LogP contribution in [0.2, 0.25) is 0 Å². The van der Waals surface area contributed by atoms with Crippen LogP contribution in [0.4, 0.5) is 10.1 Å². The Kier molecular flexibility index (Phi) is 4.53. The van der Waals surface area contributed by atoms with E-state index in [0.717, 1.165) is 6.07 Å². The zero-order valence-corrected chi connectivity index (χ0v) is 15.9. The van der Waals surface area contributed by atoms with Gasteiger partial charge in [-0.25, -0.2) is 9.18 Å². The Morgan fingerprint density at radius 3 is 2.93 bits per heavy atom. The molecule has 2 aromatic rings. The molecule has 0 amide bonds. The van der Waals surface area contributed by atoms with Gasteiger partial charge in [0, 0.05) is 32.3 Å². The lowest BCUT2D eigenvalue weighted by Crippen LogP contribution is -2.40. The van der Waals surface area contributed by atoms with Crippen LogP contribution in [-0.2, 0) is 4.84 Å². The van der Waals surface area contributed by atoms with Crippen LogP contribution in [0.3, 0.4) is 0 Å². The van der Waals surface area contributed by atoms with Crippen molar-refractivity contribution >= 4 is 28.3 Å². The minimum Gasteiger partial charge on any atom is -0.477 e. The molecule has 4 rings (SSSR count). The van der Waals surface area contributed by atoms with Crippen molar-refractivity contribution in [1.29, 1.82) is 0 Å². The van der Waals surface area contributed by atoms with E-state index in [0.29, 0.717) is 30.9 Å². The monoisotopic (exact) mass is 405 g/mol. The van der Waals surface area contributed by atoms with Gasteiger partial charge in [0.25, 0.3) is 0 Å². The van der Waals surface area contributed by atoms with Crippen molar-refractivity contribution in [2.45, 2.75) is 0 Å². The van der Waals surface area contributed by atoms with Gasteiger partial charge in [0.05, 0.1) is 17.6 Å². The Labute approximate surface area is 164 Å². The second-order valence-corrected chi connectivity index (χ2v) is 6.96. The van der Waals surface area contributed by atoms with Crippen LogP contribution in [0.5, 0.6) is 5.75 Å². The maximum Gasteiger partial charge on any atom is 0.341 e. The Bertz CT molecular complexity index is 1100. The number of hydrogen-bond donors (Lipinski definition) is 2. The molecule has 3 heterocycles. The topological polar surface area (TPSA) is 123 Å². The van der Waals surface area contributed by atoms with Gasteiger partial charge in [-0.05, 0) is 6.07 Å². The fraction of sp³-hybridized carbons (Fsp3) is 0.389. The molecule has 0 aliphatic carbocycles. The molecule has 2 aliphatic rings. The molecule has 1 unspecified atom stereocenters. The highest BCUT2D eigenvalue weighted by atomic mass is 19.1. The average molecular weight is 405 g/mol. The lowest BCUT2D eigenvalue weighted by molar-refractivity contribution is 0.0694. The molecule has 1 aromatic carbocycles. The second-order valence-electron chi connectivity index (χ2n) is 6.96. The lowest BCUT2D eigenvalue weighted by atomic mass is 10.1. The van der Waals surface area contributed by atoms with Gasteiger partial charge < -0.3 is 25.3 Å². The number of hydrogen-bond acceptors (Lipinski definition) is 8. The van der Waals surface area contributed by atoms with E-state index in [1.165, 1.54) is 18.0 Å². The van der Waals surface area contributed by atoms with Crippen LogP contribution in [0.15, 0.2) is 22.2 Å². The molecular weight excluding hydrogens is 385 g/mol. The number of benzene rings is 1. The molecule has 1 fully saturated rings. The zero-order chi connectivity index (χ0) is 20.9. The molecule has 0 saturated carbocycles. The number of nitrogens with zero attached hydrogens (tertiary/aromatic N) is 4. The number of anilines is 1. The maximum atomic E-state index is 15.2. The summed E-state index contributed by atoms with van der Waals surface area (Å²) < 4.78 is 22.5. The third-order valence-electron chi connectivity index (χ3n) is 5.22. The van der Waals surface area contributed by atoms with Crippen LogP contribution in [0, 0.1) is 11.7 Å². The number of carboxylic acid groups (broad SMARTS) is 1. The first kappa shape index (κ1) is 19.0. The van der Waals surface area contributed by atoms with E-state index in [4.69, 9.17) is 15.3 Å². The van der Waals surface area contributed by atoms with Gasteiger partial charge in [-0.2, -0.15) is 0 Å². The summed E-state index contributed by atoms with van der Waals surface area (Å²) >= 11 is 0. The third kappa shape index (κ3) is 2.85. The van der Waals surface area contributed by atoms with Gasteiger partial charge >= 0.3 is 5.97 Å². The number of pyridine rings is 1. The second kappa shape index (κ2) is 6.92. The number of aromatic carboxylic acids is 1. The Balaban J connectivity index is 1.96. The smallest absolute Gasteiger partial charge is 0.341 e. The molecule has 29 heavy (non-hydrogen) atoms. The molecule has 11 heteroatoms. The molecule has 2 aliphatic heterocycles. The zero-order valence-electron chi connectivity index (χ0n) is 15.9. The van der Waals surface area contributed by atoms with E-state index in [1.54, 1.807) is 17.0 Å². The standard InChI is InChI=1S/C18H20FN5O5/c1-22-8-29-17-14-10(16(25)11(18(26)27)6-24(14)22)3-12(19)15(17)23-5-9(4-20)13(7-23)21-28-2/h3,6,9H,4-5,7-8,20H2,1-2H3,(H,26,27). The molecule has 1 saturated heterocycles. The molecule has 3 N–H and O–H groups in total. The molecule has 0 radical (unpaired) electrons. The van der Waals surface area contributed by atoms with Gasteiger partial charge in [-0.3, -0.25) is 14.5 Å². The Morgan fingerprint density at radius 1 is 1.52 bits per heavy atom. The van der Waals surface area contributed by atoms with Crippen LogP contribution >= 0.6 is 0 Å². The van der Waals surface area contributed by atoms with Gasteiger partial charge in [0.1, 0.15) is 23.9 Å². The predicted molar refractivity (Wildman–Crippen MR) is 104 cm³/mol. The lowest BCUT2D eigenvalue weighted by Gasteiger charge is -2.33. The van der Waals surface area contributed by atoms with Crippen LogP contribution in [0.25, 0.3) is 10.9 Å². The number of nitrogens with two attached hydrogens (primary N) is 1. The molecule has 154 valence electrons. The highest BCUT2D eigenvalue weighted by Gasteiger charge is 2.35. The molecule has 0 spiro atoms. The third-order valence-corrected chi connectivity index (χ3v) is 5.22. The first-order valence-electron chi connectivity index (χ1n) is 8.91. The van der Waals surface area contributed by atoms with Crippen molar-refractivity contribution in [3.8, 4) is 5.75 Å². The minimum absolute atomic E-state index is 0.0493. The maximum absolute atomic E-state index is 15.2. The summed E-state index contributed by atoms with van der Waals surface area (Å²) in [4.78, 5) is 30.7. The molecule has 1 aromatic heterocycles. The average Bonchev–Trinajstić information content (AvgIpc) is 3.08. The summed E-state index contributed by atoms with van der Waals surface area (Å²) in [5.41, 5.74) is 5.79. The normalized spacial score (nSPS) is 19.7. The number of rotatable bonds is 4. The van der Waals surface area contributed by atoms with E-state index in [-0.39, 0.29) is 29.5 Å². The van der Waals surface area contributed by atoms with Gasteiger partial charge in [-0.1, -0.05) is 5.16 Å². The minimum atomic E-state index is -1.38. The van der Waals surface area contributed by atoms with Gasteiger partial charge in [-0.15, -0.1) is 0 Å². The molecular formula is C18H20FN5O5. The van der Waals surface area contributed by atoms with E-state index in [9.17, 15) is 14.7 Å². The summed E-state index contributed by atoms with van der Waals surface area (Å²) in [7, 11) is 3.10. The summed E-state index contributed by atoms with van der Waals surface area (Å²) in [6.45, 7) is 1.07. The van der Waals surface area contributed by atoms with Crippen molar-refractivity contribution in [3.05, 3.63) is 33.9 Å². The fourth-order valence-corrected chi connectivity index (χ4v) is 3.83. The van der Waals surface area contributed by atoms with E-state index in [1.807, 2.05) is 0 Å². The fourth-order valence-electron chi connectivity index (χ4n) is 3.83. The molecule has 1 atom stereocenters. The predicted octanol–water partition coefficient (Wildman–Crippen LogP) is 0.154. The largest absolute Gasteiger partial charge is 0.477 e. The first-order chi connectivity index (χ1) is 13.9. The van der Waals surface area contributed by atoms with Crippen molar-refractivity contribution in [2.24, 2.45) is 16.8 Å². The van der Waals surface area contributed by atoms with Crippen LogP contribution in [0.1, 0.15) is 10.4 Å². The number of aromatic nitrogens is 1. The van der Waals surface area contributed by atoms with Crippen molar-refractivity contribution in [1.82, 2.24) is 4.68 Å². The van der Waals surface area contributed by atoms with Crippen molar-refractivity contribution in [2.75, 3.05) is 50.4 Å². The number of oxime groups is 1. The summed E-state index contributed by atoms with van der Waals surface area (Å²) in [5, 5.41) is 14.9.